The second-order valence-electron chi connectivity index (χ2n) is 5.63. The zero-order valence-electron chi connectivity index (χ0n) is 12.8. The molecule has 0 aromatic rings. The van der Waals surface area contributed by atoms with Gasteiger partial charge in [-0.1, -0.05) is 31.8 Å². The van der Waals surface area contributed by atoms with Crippen LogP contribution in [0.1, 0.15) is 52.4 Å². The highest BCUT2D eigenvalue weighted by Crippen LogP contribution is 2.35. The maximum Gasteiger partial charge on any atom is 0.240 e. The van der Waals surface area contributed by atoms with Gasteiger partial charge in [0.25, 0.3) is 0 Å². The Hall–Kier alpha value is -1.79. The van der Waals surface area contributed by atoms with Crippen molar-refractivity contribution in [3.05, 3.63) is 0 Å². The largest absolute Gasteiger partial charge is 0.409 e. The molecule has 1 heterocycles. The first-order valence-electron chi connectivity index (χ1n) is 7.53. The second kappa shape index (κ2) is 7.28. The first kappa shape index (κ1) is 17.3. The fraction of sp³-hybridized carbons (Fsp3) is 0.786. The molecule has 1 unspecified atom stereocenters. The number of hydrogen-bond donors (Lipinski definition) is 3. The van der Waals surface area contributed by atoms with Gasteiger partial charge in [0.15, 0.2) is 5.84 Å². The average molecular weight is 298 g/mol. The van der Waals surface area contributed by atoms with Crippen molar-refractivity contribution in [1.82, 2.24) is 4.90 Å². The van der Waals surface area contributed by atoms with Crippen molar-refractivity contribution in [3.8, 4) is 0 Å². The summed E-state index contributed by atoms with van der Waals surface area (Å²) in [5, 5.41) is 12.2. The molecule has 0 aromatic carbocycles. The Kier molecular flexibility index (Phi) is 5.99. The summed E-state index contributed by atoms with van der Waals surface area (Å²) in [5.41, 5.74) is 10.2. The van der Waals surface area contributed by atoms with Gasteiger partial charge >= 0.3 is 0 Å². The number of carbonyl (C=O) groups excluding carboxylic acids is 2. The van der Waals surface area contributed by atoms with Crippen molar-refractivity contribution in [2.24, 2.45) is 22.0 Å². The number of nitrogens with zero attached hydrogens (tertiary/aromatic N) is 2. The zero-order chi connectivity index (χ0) is 16.0. The van der Waals surface area contributed by atoms with E-state index in [4.69, 9.17) is 16.7 Å². The van der Waals surface area contributed by atoms with E-state index in [0.29, 0.717) is 25.8 Å². The van der Waals surface area contributed by atoms with Crippen LogP contribution in [0.5, 0.6) is 0 Å². The van der Waals surface area contributed by atoms with E-state index >= 15 is 0 Å². The third kappa shape index (κ3) is 3.28. The molecule has 2 amide bonds. The molecule has 5 N–H and O–H groups in total. The molecule has 1 aliphatic heterocycles. The molecule has 1 fully saturated rings. The zero-order valence-corrected chi connectivity index (χ0v) is 12.8. The number of likely N-dealkylation sites (tertiary alicyclic amines) is 1. The summed E-state index contributed by atoms with van der Waals surface area (Å²) in [6.45, 7) is 4.37. The molecule has 7 nitrogen and oxygen atoms in total. The molecule has 0 spiro atoms. The predicted molar refractivity (Wildman–Crippen MR) is 79.6 cm³/mol. The van der Waals surface area contributed by atoms with Crippen LogP contribution in [-0.4, -0.2) is 40.3 Å². The number of hydrogen-bond acceptors (Lipinski definition) is 4. The van der Waals surface area contributed by atoms with Crippen molar-refractivity contribution in [2.45, 2.75) is 58.4 Å². The van der Waals surface area contributed by atoms with Crippen molar-refractivity contribution < 1.29 is 14.8 Å². The van der Waals surface area contributed by atoms with E-state index in [9.17, 15) is 9.59 Å². The second-order valence-corrected chi connectivity index (χ2v) is 5.63. The molecule has 1 aliphatic rings. The van der Waals surface area contributed by atoms with E-state index in [1.54, 1.807) is 0 Å². The Morgan fingerprint density at radius 3 is 2.29 bits per heavy atom. The molecule has 21 heavy (non-hydrogen) atoms. The van der Waals surface area contributed by atoms with Crippen LogP contribution < -0.4 is 11.5 Å². The van der Waals surface area contributed by atoms with E-state index in [0.717, 1.165) is 19.3 Å². The quantitative estimate of drug-likeness (QED) is 0.278. The fourth-order valence-electron chi connectivity index (χ4n) is 3.23. The topological polar surface area (TPSA) is 122 Å². The highest BCUT2D eigenvalue weighted by atomic mass is 16.4. The van der Waals surface area contributed by atoms with E-state index < -0.39 is 17.4 Å². The molecule has 0 aromatic heterocycles. The molecular weight excluding hydrogens is 272 g/mol. The summed E-state index contributed by atoms with van der Waals surface area (Å²) < 4.78 is 0. The molecule has 7 heteroatoms. The number of carbonyl (C=O) groups is 2. The molecule has 1 rings (SSSR count). The van der Waals surface area contributed by atoms with Crippen molar-refractivity contribution in [3.63, 3.8) is 0 Å². The van der Waals surface area contributed by atoms with Crippen molar-refractivity contribution in [1.29, 1.82) is 0 Å². The summed E-state index contributed by atoms with van der Waals surface area (Å²) in [7, 11) is 0. The first-order valence-corrected chi connectivity index (χ1v) is 7.53. The lowest BCUT2D eigenvalue weighted by atomic mass is 9.76. The Balaban J connectivity index is 3.18. The van der Waals surface area contributed by atoms with Gasteiger partial charge in [0.05, 0.1) is 0 Å². The smallest absolute Gasteiger partial charge is 0.240 e. The first-order chi connectivity index (χ1) is 9.94. The minimum Gasteiger partial charge on any atom is -0.409 e. The van der Waals surface area contributed by atoms with Gasteiger partial charge in [0.1, 0.15) is 11.5 Å². The lowest BCUT2D eigenvalue weighted by Crippen LogP contribution is -2.55. The Bertz CT molecular complexity index is 416. The molecule has 0 radical (unpaired) electrons. The summed E-state index contributed by atoms with van der Waals surface area (Å²) >= 11 is 0. The number of rotatable bonds is 7. The number of oxime groups is 1. The highest BCUT2D eigenvalue weighted by Gasteiger charge is 2.47. The van der Waals surface area contributed by atoms with Crippen LogP contribution in [0.2, 0.25) is 0 Å². The van der Waals surface area contributed by atoms with Crippen LogP contribution in [0.4, 0.5) is 0 Å². The van der Waals surface area contributed by atoms with E-state index in [1.807, 2.05) is 13.8 Å². The fourth-order valence-corrected chi connectivity index (χ4v) is 3.23. The average Bonchev–Trinajstić information content (AvgIpc) is 2.94. The number of amides is 2. The van der Waals surface area contributed by atoms with Crippen LogP contribution >= 0.6 is 0 Å². The van der Waals surface area contributed by atoms with E-state index in [-0.39, 0.29) is 11.7 Å². The number of primary amides is 1. The molecule has 0 bridgehead atoms. The summed E-state index contributed by atoms with van der Waals surface area (Å²) in [6.07, 6.45) is 3.72. The standard InChI is InChI=1S/C14H26N4O3/c1-3-7-14(8-4-2,12(16)17-21)13(20)18-9-5-6-10(18)11(15)19/h10,21H,3-9H2,1-2H3,(H2,15,19)(H2,16,17). The highest BCUT2D eigenvalue weighted by molar-refractivity contribution is 6.07. The summed E-state index contributed by atoms with van der Waals surface area (Å²) in [4.78, 5) is 26.0. The predicted octanol–water partition coefficient (Wildman–Crippen LogP) is 0.796. The van der Waals surface area contributed by atoms with Crippen LogP contribution in [-0.2, 0) is 9.59 Å². The Labute approximate surface area is 125 Å². The van der Waals surface area contributed by atoms with Gasteiger partial charge in [-0.05, 0) is 25.7 Å². The molecule has 1 saturated heterocycles. The monoisotopic (exact) mass is 298 g/mol. The molecular formula is C14H26N4O3. The Morgan fingerprint density at radius 1 is 1.29 bits per heavy atom. The maximum atomic E-state index is 13.0. The molecule has 0 aliphatic carbocycles. The lowest BCUT2D eigenvalue weighted by molar-refractivity contribution is -0.143. The lowest BCUT2D eigenvalue weighted by Gasteiger charge is -2.36. The molecule has 1 atom stereocenters. The van der Waals surface area contributed by atoms with Gasteiger partial charge in [-0.2, -0.15) is 0 Å². The van der Waals surface area contributed by atoms with Gasteiger partial charge < -0.3 is 21.6 Å². The molecule has 0 saturated carbocycles. The van der Waals surface area contributed by atoms with Gasteiger partial charge in [-0.25, -0.2) is 0 Å². The van der Waals surface area contributed by atoms with Crippen LogP contribution in [0, 0.1) is 5.41 Å². The van der Waals surface area contributed by atoms with Crippen molar-refractivity contribution in [2.75, 3.05) is 6.54 Å². The molecule has 120 valence electrons. The van der Waals surface area contributed by atoms with Gasteiger partial charge in [-0.3, -0.25) is 9.59 Å². The SMILES string of the molecule is CCCC(CCC)(C(=O)N1CCCC1C(N)=O)C(N)=NO. The number of amidine groups is 1. The van der Waals surface area contributed by atoms with E-state index in [2.05, 4.69) is 5.16 Å². The van der Waals surface area contributed by atoms with Crippen LogP contribution in [0.25, 0.3) is 0 Å². The minimum absolute atomic E-state index is 0.0775. The van der Waals surface area contributed by atoms with Crippen molar-refractivity contribution >= 4 is 17.6 Å². The van der Waals surface area contributed by atoms with Crippen LogP contribution in [0.15, 0.2) is 5.16 Å². The maximum absolute atomic E-state index is 13.0. The minimum atomic E-state index is -1.05. The number of nitrogens with two attached hydrogens (primary N) is 2. The summed E-state index contributed by atoms with van der Waals surface area (Å²) in [5.74, 6) is -0.823. The summed E-state index contributed by atoms with van der Waals surface area (Å²) in [6, 6.07) is -0.586. The Morgan fingerprint density at radius 2 is 1.86 bits per heavy atom. The van der Waals surface area contributed by atoms with Gasteiger partial charge in [-0.15, -0.1) is 0 Å². The van der Waals surface area contributed by atoms with Crippen LogP contribution in [0.3, 0.4) is 0 Å². The normalized spacial score (nSPS) is 19.8. The van der Waals surface area contributed by atoms with E-state index in [1.165, 1.54) is 4.90 Å². The van der Waals surface area contributed by atoms with Gasteiger partial charge in [0, 0.05) is 6.54 Å². The third-order valence-corrected chi connectivity index (χ3v) is 4.20. The van der Waals surface area contributed by atoms with Gasteiger partial charge in [0.2, 0.25) is 11.8 Å². The third-order valence-electron chi connectivity index (χ3n) is 4.20.